The highest BCUT2D eigenvalue weighted by atomic mass is 19.4. The first-order valence-corrected chi connectivity index (χ1v) is 4.81. The number of nitrogens with zero attached hydrogens (tertiary/aromatic N) is 1. The van der Waals surface area contributed by atoms with Crippen molar-refractivity contribution in [2.75, 3.05) is 19.7 Å². The number of ether oxygens (including phenoxy) is 1. The number of hydrogen-bond donors (Lipinski definition) is 0. The van der Waals surface area contributed by atoms with E-state index in [-0.39, 0.29) is 12.1 Å². The van der Waals surface area contributed by atoms with E-state index in [1.54, 1.807) is 0 Å². The monoisotopic (exact) mass is 211 g/mol. The van der Waals surface area contributed by atoms with Crippen LogP contribution in [-0.2, 0) is 4.74 Å². The van der Waals surface area contributed by atoms with E-state index in [9.17, 15) is 13.2 Å². The van der Waals surface area contributed by atoms with E-state index in [2.05, 4.69) is 0 Å². The van der Waals surface area contributed by atoms with Crippen molar-refractivity contribution in [1.29, 1.82) is 0 Å². The van der Waals surface area contributed by atoms with Crippen LogP contribution >= 0.6 is 0 Å². The van der Waals surface area contributed by atoms with Crippen molar-refractivity contribution < 1.29 is 17.9 Å². The van der Waals surface area contributed by atoms with Crippen LogP contribution in [0.15, 0.2) is 0 Å². The summed E-state index contributed by atoms with van der Waals surface area (Å²) in [6, 6.07) is -0.0426. The fourth-order valence-electron chi connectivity index (χ4n) is 1.42. The van der Waals surface area contributed by atoms with E-state index in [1.165, 1.54) is 4.90 Å². The zero-order valence-electron chi connectivity index (χ0n) is 8.47. The van der Waals surface area contributed by atoms with E-state index in [0.717, 1.165) is 6.42 Å². The lowest BCUT2D eigenvalue weighted by molar-refractivity contribution is -0.167. The Hall–Kier alpha value is -0.290. The molecule has 1 fully saturated rings. The van der Waals surface area contributed by atoms with Crippen LogP contribution < -0.4 is 0 Å². The van der Waals surface area contributed by atoms with Gasteiger partial charge in [0.05, 0.1) is 19.3 Å². The van der Waals surface area contributed by atoms with Gasteiger partial charge in [0.2, 0.25) is 0 Å². The van der Waals surface area contributed by atoms with Crippen LogP contribution in [0.5, 0.6) is 0 Å². The number of likely N-dealkylation sites (tertiary alicyclic amines) is 1. The van der Waals surface area contributed by atoms with Crippen LogP contribution in [0.1, 0.15) is 20.3 Å². The zero-order valence-corrected chi connectivity index (χ0v) is 8.47. The summed E-state index contributed by atoms with van der Waals surface area (Å²) in [5, 5.41) is 0. The van der Waals surface area contributed by atoms with Crippen molar-refractivity contribution in [2.24, 2.45) is 0 Å². The van der Waals surface area contributed by atoms with Crippen molar-refractivity contribution in [3.63, 3.8) is 0 Å². The summed E-state index contributed by atoms with van der Waals surface area (Å²) in [6.07, 6.45) is -3.19. The summed E-state index contributed by atoms with van der Waals surface area (Å²) in [5.41, 5.74) is 0. The Balaban J connectivity index is 2.22. The second-order valence-electron chi connectivity index (χ2n) is 3.91. The molecule has 0 spiro atoms. The summed E-state index contributed by atoms with van der Waals surface area (Å²) in [6.45, 7) is 3.90. The number of alkyl halides is 3. The Kier molecular flexibility index (Phi) is 3.78. The van der Waals surface area contributed by atoms with Crippen LogP contribution in [0.3, 0.4) is 0 Å². The predicted octanol–water partition coefficient (Wildman–Crippen LogP) is 2.05. The van der Waals surface area contributed by atoms with E-state index < -0.39 is 12.7 Å². The standard InChI is InChI=1S/C9H16F3NO/c1-7(2)14-5-8-3-4-13(8)6-9(10,11)12/h7-8H,3-6H2,1-2H3. The minimum absolute atomic E-state index is 0.0426. The second-order valence-corrected chi connectivity index (χ2v) is 3.91. The van der Waals surface area contributed by atoms with Gasteiger partial charge in [0.25, 0.3) is 0 Å². The maximum Gasteiger partial charge on any atom is 0.401 e. The molecule has 2 nitrogen and oxygen atoms in total. The van der Waals surface area contributed by atoms with Crippen molar-refractivity contribution in [2.45, 2.75) is 38.6 Å². The molecule has 1 rings (SSSR count). The zero-order chi connectivity index (χ0) is 10.8. The lowest BCUT2D eigenvalue weighted by Gasteiger charge is -2.41. The molecule has 0 aromatic carbocycles. The van der Waals surface area contributed by atoms with Gasteiger partial charge in [0.1, 0.15) is 0 Å². The molecule has 0 radical (unpaired) electrons. The van der Waals surface area contributed by atoms with Gasteiger partial charge in [0.15, 0.2) is 0 Å². The summed E-state index contributed by atoms with van der Waals surface area (Å²) in [5.74, 6) is 0. The highest BCUT2D eigenvalue weighted by Crippen LogP contribution is 2.24. The Morgan fingerprint density at radius 2 is 2.07 bits per heavy atom. The van der Waals surface area contributed by atoms with Crippen molar-refractivity contribution in [3.8, 4) is 0 Å². The summed E-state index contributed by atoms with van der Waals surface area (Å²) >= 11 is 0. The van der Waals surface area contributed by atoms with Crippen molar-refractivity contribution in [1.82, 2.24) is 4.90 Å². The Morgan fingerprint density at radius 3 is 2.43 bits per heavy atom. The quantitative estimate of drug-likeness (QED) is 0.705. The van der Waals surface area contributed by atoms with Gasteiger partial charge in [-0.2, -0.15) is 13.2 Å². The molecule has 1 atom stereocenters. The molecular formula is C9H16F3NO. The molecule has 1 aliphatic rings. The van der Waals surface area contributed by atoms with Crippen molar-refractivity contribution >= 4 is 0 Å². The van der Waals surface area contributed by atoms with Crippen LogP contribution in [0.2, 0.25) is 0 Å². The molecule has 14 heavy (non-hydrogen) atoms. The molecule has 1 heterocycles. The lowest BCUT2D eigenvalue weighted by atomic mass is 10.0. The fraction of sp³-hybridized carbons (Fsp3) is 1.00. The Morgan fingerprint density at radius 1 is 1.43 bits per heavy atom. The Bertz CT molecular complexity index is 181. The highest BCUT2D eigenvalue weighted by molar-refractivity contribution is 4.84. The summed E-state index contributed by atoms with van der Waals surface area (Å²) in [4.78, 5) is 1.42. The molecule has 0 amide bonds. The molecule has 0 aliphatic carbocycles. The molecule has 0 aromatic rings. The summed E-state index contributed by atoms with van der Waals surface area (Å²) < 4.78 is 41.3. The summed E-state index contributed by atoms with van der Waals surface area (Å²) in [7, 11) is 0. The molecule has 1 unspecified atom stereocenters. The van der Waals surface area contributed by atoms with Crippen LogP contribution in [0.4, 0.5) is 13.2 Å². The molecule has 0 saturated carbocycles. The van der Waals surface area contributed by atoms with Crippen LogP contribution in [0, 0.1) is 0 Å². The molecule has 0 N–H and O–H groups in total. The van der Waals surface area contributed by atoms with Gasteiger partial charge < -0.3 is 4.74 Å². The third-order valence-electron chi connectivity index (χ3n) is 2.27. The SMILES string of the molecule is CC(C)OCC1CCN1CC(F)(F)F. The molecule has 5 heteroatoms. The van der Waals surface area contributed by atoms with Crippen molar-refractivity contribution in [3.05, 3.63) is 0 Å². The normalized spacial score (nSPS) is 24.0. The number of halogens is 3. The Labute approximate surface area is 82.0 Å². The number of rotatable bonds is 4. The maximum atomic E-state index is 12.0. The van der Waals surface area contributed by atoms with Crippen LogP contribution in [0.25, 0.3) is 0 Å². The average Bonchev–Trinajstić information content (AvgIpc) is 1.96. The first kappa shape index (κ1) is 11.8. The minimum atomic E-state index is -4.09. The van der Waals surface area contributed by atoms with E-state index >= 15 is 0 Å². The molecule has 1 aliphatic heterocycles. The van der Waals surface area contributed by atoms with Crippen LogP contribution in [-0.4, -0.2) is 42.9 Å². The van der Waals surface area contributed by atoms with Gasteiger partial charge in [-0.05, 0) is 20.3 Å². The second kappa shape index (κ2) is 4.49. The average molecular weight is 211 g/mol. The van der Waals surface area contributed by atoms with E-state index in [4.69, 9.17) is 4.74 Å². The predicted molar refractivity (Wildman–Crippen MR) is 47.1 cm³/mol. The first-order chi connectivity index (χ1) is 6.38. The third kappa shape index (κ3) is 3.84. The van der Waals surface area contributed by atoms with Gasteiger partial charge in [-0.3, -0.25) is 4.90 Å². The van der Waals surface area contributed by atoms with E-state index in [0.29, 0.717) is 13.2 Å². The fourth-order valence-corrected chi connectivity index (χ4v) is 1.42. The van der Waals surface area contributed by atoms with Gasteiger partial charge in [-0.1, -0.05) is 0 Å². The van der Waals surface area contributed by atoms with Gasteiger partial charge in [0, 0.05) is 12.6 Å². The minimum Gasteiger partial charge on any atom is -0.377 e. The molecule has 1 saturated heterocycles. The molecule has 0 aromatic heterocycles. The lowest BCUT2D eigenvalue weighted by Crippen LogP contribution is -2.53. The smallest absolute Gasteiger partial charge is 0.377 e. The topological polar surface area (TPSA) is 12.5 Å². The van der Waals surface area contributed by atoms with Gasteiger partial charge in [-0.25, -0.2) is 0 Å². The van der Waals surface area contributed by atoms with Gasteiger partial charge in [-0.15, -0.1) is 0 Å². The van der Waals surface area contributed by atoms with Gasteiger partial charge >= 0.3 is 6.18 Å². The third-order valence-corrected chi connectivity index (χ3v) is 2.27. The van der Waals surface area contributed by atoms with E-state index in [1.807, 2.05) is 13.8 Å². The molecule has 0 bridgehead atoms. The molecular weight excluding hydrogens is 195 g/mol. The molecule has 84 valence electrons. The number of hydrogen-bond acceptors (Lipinski definition) is 2. The first-order valence-electron chi connectivity index (χ1n) is 4.81. The maximum absolute atomic E-state index is 12.0. The highest BCUT2D eigenvalue weighted by Gasteiger charge is 2.38. The largest absolute Gasteiger partial charge is 0.401 e.